The van der Waals surface area contributed by atoms with Gasteiger partial charge < -0.3 is 5.32 Å². The van der Waals surface area contributed by atoms with Crippen LogP contribution in [0.2, 0.25) is 0 Å². The average Bonchev–Trinajstić information content (AvgIpc) is 2.55. The Balaban J connectivity index is 1.76. The molecule has 0 aliphatic heterocycles. The summed E-state index contributed by atoms with van der Waals surface area (Å²) >= 11 is 0. The van der Waals surface area contributed by atoms with E-state index in [2.05, 4.69) is 10.0 Å². The molecule has 1 aromatic carbocycles. The molecule has 2 rings (SSSR count). The summed E-state index contributed by atoms with van der Waals surface area (Å²) in [6, 6.07) is 5.36. The number of hydrogen-bond donors (Lipinski definition) is 2. The van der Waals surface area contributed by atoms with Crippen LogP contribution in [0.3, 0.4) is 0 Å². The lowest BCUT2D eigenvalue weighted by Gasteiger charge is -2.20. The van der Waals surface area contributed by atoms with Crippen LogP contribution in [0.15, 0.2) is 23.1 Å². The number of benzene rings is 1. The van der Waals surface area contributed by atoms with Crippen LogP contribution >= 0.6 is 0 Å². The van der Waals surface area contributed by atoms with Gasteiger partial charge in [0.2, 0.25) is 15.9 Å². The molecule has 0 heterocycles. The van der Waals surface area contributed by atoms with Gasteiger partial charge in [0.25, 0.3) is 0 Å². The fourth-order valence-electron chi connectivity index (χ4n) is 3.19. The van der Waals surface area contributed by atoms with E-state index in [0.717, 1.165) is 24.0 Å². The molecule has 1 amide bonds. The molecule has 1 fully saturated rings. The molecule has 24 heavy (non-hydrogen) atoms. The molecule has 0 radical (unpaired) electrons. The van der Waals surface area contributed by atoms with Gasteiger partial charge in [-0.1, -0.05) is 31.4 Å². The minimum atomic E-state index is -3.54. The van der Waals surface area contributed by atoms with Crippen molar-refractivity contribution >= 4 is 15.9 Å². The monoisotopic (exact) mass is 352 g/mol. The van der Waals surface area contributed by atoms with Gasteiger partial charge in [0.15, 0.2) is 0 Å². The van der Waals surface area contributed by atoms with Gasteiger partial charge in [-0.3, -0.25) is 4.79 Å². The van der Waals surface area contributed by atoms with Crippen LogP contribution < -0.4 is 10.0 Å². The molecule has 0 saturated heterocycles. The standard InChI is InChI=1S/C18H28N2O3S/c1-14-8-9-15(2)17(12-14)24(22,23)20-11-10-19-18(21)13-16-6-4-3-5-7-16/h8-9,12,16,20H,3-7,10-11,13H2,1-2H3,(H,19,21). The minimum Gasteiger partial charge on any atom is -0.355 e. The first kappa shape index (κ1) is 18.9. The Morgan fingerprint density at radius 3 is 2.54 bits per heavy atom. The molecule has 6 heteroatoms. The van der Waals surface area contributed by atoms with E-state index < -0.39 is 10.0 Å². The van der Waals surface area contributed by atoms with Gasteiger partial charge in [0.1, 0.15) is 0 Å². The Labute approximate surface area is 145 Å². The highest BCUT2D eigenvalue weighted by atomic mass is 32.2. The van der Waals surface area contributed by atoms with E-state index in [0.29, 0.717) is 23.8 Å². The zero-order chi connectivity index (χ0) is 17.6. The second kappa shape index (κ2) is 8.62. The van der Waals surface area contributed by atoms with Gasteiger partial charge in [0, 0.05) is 19.5 Å². The number of carbonyl (C=O) groups excluding carboxylic acids is 1. The maximum Gasteiger partial charge on any atom is 0.240 e. The van der Waals surface area contributed by atoms with Crippen LogP contribution in [0.5, 0.6) is 0 Å². The average molecular weight is 353 g/mol. The van der Waals surface area contributed by atoms with E-state index in [1.54, 1.807) is 19.1 Å². The number of hydrogen-bond acceptors (Lipinski definition) is 3. The van der Waals surface area contributed by atoms with Gasteiger partial charge >= 0.3 is 0 Å². The molecule has 0 atom stereocenters. The zero-order valence-corrected chi connectivity index (χ0v) is 15.4. The van der Waals surface area contributed by atoms with Crippen LogP contribution in [0.4, 0.5) is 0 Å². The fourth-order valence-corrected chi connectivity index (χ4v) is 4.55. The highest BCUT2D eigenvalue weighted by Gasteiger charge is 2.18. The molecular weight excluding hydrogens is 324 g/mol. The third-order valence-electron chi connectivity index (χ3n) is 4.57. The number of rotatable bonds is 7. The molecule has 1 aromatic rings. The zero-order valence-electron chi connectivity index (χ0n) is 14.6. The van der Waals surface area contributed by atoms with Gasteiger partial charge in [-0.2, -0.15) is 0 Å². The van der Waals surface area contributed by atoms with E-state index in [9.17, 15) is 13.2 Å². The van der Waals surface area contributed by atoms with Gasteiger partial charge in [-0.15, -0.1) is 0 Å². The van der Waals surface area contributed by atoms with Gasteiger partial charge in [-0.25, -0.2) is 13.1 Å². The summed E-state index contributed by atoms with van der Waals surface area (Å²) in [5.41, 5.74) is 1.62. The molecule has 0 aromatic heterocycles. The van der Waals surface area contributed by atoms with Crippen molar-refractivity contribution < 1.29 is 13.2 Å². The maximum absolute atomic E-state index is 12.3. The predicted octanol–water partition coefficient (Wildman–Crippen LogP) is 2.67. The Hall–Kier alpha value is -1.40. The molecule has 2 N–H and O–H groups in total. The second-order valence-corrected chi connectivity index (χ2v) is 8.46. The Kier molecular flexibility index (Phi) is 6.80. The highest BCUT2D eigenvalue weighted by Crippen LogP contribution is 2.26. The normalized spacial score (nSPS) is 16.1. The van der Waals surface area contributed by atoms with Crippen molar-refractivity contribution in [3.05, 3.63) is 29.3 Å². The molecular formula is C18H28N2O3S. The van der Waals surface area contributed by atoms with E-state index in [-0.39, 0.29) is 12.5 Å². The Morgan fingerprint density at radius 1 is 1.12 bits per heavy atom. The van der Waals surface area contributed by atoms with Crippen LogP contribution in [-0.4, -0.2) is 27.4 Å². The quantitative estimate of drug-likeness (QED) is 0.741. The first-order valence-electron chi connectivity index (χ1n) is 8.72. The van der Waals surface area contributed by atoms with Crippen molar-refractivity contribution in [3.63, 3.8) is 0 Å². The number of carbonyl (C=O) groups is 1. The summed E-state index contributed by atoms with van der Waals surface area (Å²) in [6.45, 7) is 4.16. The van der Waals surface area contributed by atoms with E-state index in [1.807, 2.05) is 13.0 Å². The Bertz CT molecular complexity index is 665. The summed E-state index contributed by atoms with van der Waals surface area (Å²) in [5.74, 6) is 0.512. The highest BCUT2D eigenvalue weighted by molar-refractivity contribution is 7.89. The summed E-state index contributed by atoms with van der Waals surface area (Å²) < 4.78 is 27.2. The van der Waals surface area contributed by atoms with Crippen molar-refractivity contribution in [2.45, 2.75) is 57.3 Å². The molecule has 1 saturated carbocycles. The van der Waals surface area contributed by atoms with E-state index in [1.165, 1.54) is 19.3 Å². The maximum atomic E-state index is 12.3. The number of amides is 1. The van der Waals surface area contributed by atoms with Crippen molar-refractivity contribution in [3.8, 4) is 0 Å². The lowest BCUT2D eigenvalue weighted by molar-refractivity contribution is -0.122. The fraction of sp³-hybridized carbons (Fsp3) is 0.611. The van der Waals surface area contributed by atoms with Crippen molar-refractivity contribution in [1.29, 1.82) is 0 Å². The first-order valence-corrected chi connectivity index (χ1v) is 10.2. The third-order valence-corrected chi connectivity index (χ3v) is 6.17. The third kappa shape index (κ3) is 5.60. The van der Waals surface area contributed by atoms with Gasteiger partial charge in [-0.05, 0) is 49.8 Å². The van der Waals surface area contributed by atoms with Crippen LogP contribution in [-0.2, 0) is 14.8 Å². The van der Waals surface area contributed by atoms with Crippen molar-refractivity contribution in [2.75, 3.05) is 13.1 Å². The SMILES string of the molecule is Cc1ccc(C)c(S(=O)(=O)NCCNC(=O)CC2CCCCC2)c1. The summed E-state index contributed by atoms with van der Waals surface area (Å²) in [4.78, 5) is 12.2. The molecule has 0 bridgehead atoms. The summed E-state index contributed by atoms with van der Waals surface area (Å²) in [5, 5.41) is 2.81. The lowest BCUT2D eigenvalue weighted by atomic mass is 9.87. The van der Waals surface area contributed by atoms with E-state index >= 15 is 0 Å². The van der Waals surface area contributed by atoms with Crippen LogP contribution in [0, 0.1) is 19.8 Å². The molecule has 134 valence electrons. The number of sulfonamides is 1. The molecule has 1 aliphatic rings. The Morgan fingerprint density at radius 2 is 1.83 bits per heavy atom. The van der Waals surface area contributed by atoms with E-state index in [4.69, 9.17) is 0 Å². The minimum absolute atomic E-state index is 0.0211. The molecule has 0 unspecified atom stereocenters. The van der Waals surface area contributed by atoms with Gasteiger partial charge in [0.05, 0.1) is 4.90 Å². The van der Waals surface area contributed by atoms with Crippen molar-refractivity contribution in [2.24, 2.45) is 5.92 Å². The summed E-state index contributed by atoms with van der Waals surface area (Å²) in [7, 11) is -3.54. The second-order valence-electron chi connectivity index (χ2n) is 6.72. The molecule has 1 aliphatic carbocycles. The number of nitrogens with one attached hydrogen (secondary N) is 2. The summed E-state index contributed by atoms with van der Waals surface area (Å²) in [6.07, 6.45) is 6.53. The number of aryl methyl sites for hydroxylation is 2. The van der Waals surface area contributed by atoms with Crippen LogP contribution in [0.1, 0.15) is 49.7 Å². The predicted molar refractivity (Wildman–Crippen MR) is 95.3 cm³/mol. The first-order chi connectivity index (χ1) is 11.4. The largest absolute Gasteiger partial charge is 0.355 e. The van der Waals surface area contributed by atoms with Crippen LogP contribution in [0.25, 0.3) is 0 Å². The van der Waals surface area contributed by atoms with Crippen molar-refractivity contribution in [1.82, 2.24) is 10.0 Å². The molecule has 5 nitrogen and oxygen atoms in total. The lowest BCUT2D eigenvalue weighted by Crippen LogP contribution is -2.35. The smallest absolute Gasteiger partial charge is 0.240 e. The topological polar surface area (TPSA) is 75.3 Å². The molecule has 0 spiro atoms.